The van der Waals surface area contributed by atoms with Crippen LogP contribution in [0, 0.1) is 0 Å². The van der Waals surface area contributed by atoms with Gasteiger partial charge in [-0.05, 0) is 44.2 Å². The summed E-state index contributed by atoms with van der Waals surface area (Å²) in [7, 11) is 0. The van der Waals surface area contributed by atoms with Crippen LogP contribution in [0.4, 0.5) is 0 Å². The molecule has 0 aliphatic rings. The highest BCUT2D eigenvalue weighted by atomic mass is 16.5. The van der Waals surface area contributed by atoms with Crippen LogP contribution in [-0.2, 0) is 16.0 Å². The zero-order valence-corrected chi connectivity index (χ0v) is 10.7. The summed E-state index contributed by atoms with van der Waals surface area (Å²) in [4.78, 5) is 15.3. The molecule has 0 amide bonds. The van der Waals surface area contributed by atoms with Crippen molar-refractivity contribution < 1.29 is 9.53 Å². The van der Waals surface area contributed by atoms with Gasteiger partial charge < -0.3 is 4.74 Å². The van der Waals surface area contributed by atoms with Crippen molar-refractivity contribution in [2.24, 2.45) is 0 Å². The van der Waals surface area contributed by atoms with E-state index in [0.29, 0.717) is 6.42 Å². The van der Waals surface area contributed by atoms with E-state index < -0.39 is 0 Å². The minimum atomic E-state index is -0.0821. The van der Waals surface area contributed by atoms with Gasteiger partial charge in [0.2, 0.25) is 0 Å². The molecule has 1 atom stereocenters. The van der Waals surface area contributed by atoms with E-state index in [2.05, 4.69) is 11.1 Å². The Morgan fingerprint density at radius 2 is 2.35 bits per heavy atom. The van der Waals surface area contributed by atoms with Crippen molar-refractivity contribution in [3.8, 4) is 0 Å². The Morgan fingerprint density at radius 1 is 1.53 bits per heavy atom. The van der Waals surface area contributed by atoms with E-state index in [1.54, 1.807) is 6.20 Å². The van der Waals surface area contributed by atoms with Crippen molar-refractivity contribution in [2.75, 3.05) is 0 Å². The third kappa shape index (κ3) is 6.05. The first-order valence-electron chi connectivity index (χ1n) is 6.30. The standard InChI is InChI=1S/C14H21NO2/c1-3-6-14(16)17-12(2)7-4-8-13-9-5-10-15-11-13/h5,9-12H,3-4,6-8H2,1-2H3. The third-order valence-corrected chi connectivity index (χ3v) is 2.59. The molecule has 3 nitrogen and oxygen atoms in total. The topological polar surface area (TPSA) is 39.2 Å². The zero-order chi connectivity index (χ0) is 12.5. The number of carbonyl (C=O) groups excluding carboxylic acids is 1. The van der Waals surface area contributed by atoms with E-state index >= 15 is 0 Å². The monoisotopic (exact) mass is 235 g/mol. The summed E-state index contributed by atoms with van der Waals surface area (Å²) >= 11 is 0. The first-order valence-corrected chi connectivity index (χ1v) is 6.30. The van der Waals surface area contributed by atoms with Crippen molar-refractivity contribution in [2.45, 2.75) is 52.1 Å². The molecule has 1 unspecified atom stereocenters. The number of carbonyl (C=O) groups is 1. The third-order valence-electron chi connectivity index (χ3n) is 2.59. The van der Waals surface area contributed by atoms with Gasteiger partial charge in [-0.2, -0.15) is 0 Å². The molecule has 1 aromatic rings. The van der Waals surface area contributed by atoms with Crippen LogP contribution in [0.15, 0.2) is 24.5 Å². The van der Waals surface area contributed by atoms with Gasteiger partial charge in [0.05, 0.1) is 6.10 Å². The lowest BCUT2D eigenvalue weighted by Gasteiger charge is -2.12. The Hall–Kier alpha value is -1.38. The molecule has 0 bridgehead atoms. The normalized spacial score (nSPS) is 12.1. The second-order valence-electron chi connectivity index (χ2n) is 4.30. The Morgan fingerprint density at radius 3 is 3.00 bits per heavy atom. The molecule has 0 saturated heterocycles. The Kier molecular flexibility index (Phi) is 6.30. The predicted octanol–water partition coefficient (Wildman–Crippen LogP) is 3.14. The summed E-state index contributed by atoms with van der Waals surface area (Å²) in [5, 5.41) is 0. The van der Waals surface area contributed by atoms with Crippen molar-refractivity contribution in [1.29, 1.82) is 0 Å². The van der Waals surface area contributed by atoms with Gasteiger partial charge >= 0.3 is 5.97 Å². The van der Waals surface area contributed by atoms with E-state index in [1.807, 2.05) is 26.1 Å². The lowest BCUT2D eigenvalue weighted by Crippen LogP contribution is -2.14. The van der Waals surface area contributed by atoms with Gasteiger partial charge in [0.25, 0.3) is 0 Å². The molecule has 3 heteroatoms. The number of pyridine rings is 1. The maximum Gasteiger partial charge on any atom is 0.306 e. The predicted molar refractivity (Wildman–Crippen MR) is 67.6 cm³/mol. The minimum absolute atomic E-state index is 0.0192. The van der Waals surface area contributed by atoms with Gasteiger partial charge in [-0.15, -0.1) is 0 Å². The van der Waals surface area contributed by atoms with Gasteiger partial charge in [-0.25, -0.2) is 0 Å². The highest BCUT2D eigenvalue weighted by molar-refractivity contribution is 5.69. The van der Waals surface area contributed by atoms with E-state index in [1.165, 1.54) is 5.56 Å². The Balaban J connectivity index is 2.16. The van der Waals surface area contributed by atoms with Crippen LogP contribution < -0.4 is 0 Å². The molecule has 0 N–H and O–H groups in total. The second-order valence-corrected chi connectivity index (χ2v) is 4.30. The summed E-state index contributed by atoms with van der Waals surface area (Å²) in [6, 6.07) is 4.01. The van der Waals surface area contributed by atoms with Crippen LogP contribution in [0.1, 0.15) is 45.1 Å². The fourth-order valence-corrected chi connectivity index (χ4v) is 1.69. The van der Waals surface area contributed by atoms with Crippen molar-refractivity contribution in [3.05, 3.63) is 30.1 Å². The fraction of sp³-hybridized carbons (Fsp3) is 0.571. The largest absolute Gasteiger partial charge is 0.463 e. The van der Waals surface area contributed by atoms with Crippen LogP contribution in [0.2, 0.25) is 0 Å². The van der Waals surface area contributed by atoms with E-state index in [-0.39, 0.29) is 12.1 Å². The first-order chi connectivity index (χ1) is 8.22. The maximum atomic E-state index is 11.3. The van der Waals surface area contributed by atoms with E-state index in [9.17, 15) is 4.79 Å². The molecule has 0 aliphatic heterocycles. The van der Waals surface area contributed by atoms with Crippen molar-refractivity contribution >= 4 is 5.97 Å². The van der Waals surface area contributed by atoms with E-state index in [4.69, 9.17) is 4.74 Å². The van der Waals surface area contributed by atoms with Crippen LogP contribution in [0.5, 0.6) is 0 Å². The summed E-state index contributed by atoms with van der Waals surface area (Å²) in [5.41, 5.74) is 1.24. The number of aryl methyl sites for hydroxylation is 1. The maximum absolute atomic E-state index is 11.3. The second kappa shape index (κ2) is 7.82. The summed E-state index contributed by atoms with van der Waals surface area (Å²) in [6.07, 6.45) is 7.96. The molecule has 0 spiro atoms. The lowest BCUT2D eigenvalue weighted by atomic mass is 10.1. The summed E-state index contributed by atoms with van der Waals surface area (Å²) < 4.78 is 5.27. The van der Waals surface area contributed by atoms with Crippen molar-refractivity contribution in [1.82, 2.24) is 4.98 Å². The minimum Gasteiger partial charge on any atom is -0.463 e. The van der Waals surface area contributed by atoms with Crippen LogP contribution in [0.3, 0.4) is 0 Å². The Labute approximate surface area is 103 Å². The highest BCUT2D eigenvalue weighted by Gasteiger charge is 2.08. The molecular weight excluding hydrogens is 214 g/mol. The van der Waals surface area contributed by atoms with Gasteiger partial charge in [-0.1, -0.05) is 13.0 Å². The van der Waals surface area contributed by atoms with Crippen LogP contribution >= 0.6 is 0 Å². The van der Waals surface area contributed by atoms with Crippen LogP contribution in [-0.4, -0.2) is 17.1 Å². The summed E-state index contributed by atoms with van der Waals surface area (Å²) in [6.45, 7) is 3.94. The molecule has 17 heavy (non-hydrogen) atoms. The van der Waals surface area contributed by atoms with Gasteiger partial charge in [-0.3, -0.25) is 9.78 Å². The molecule has 0 fully saturated rings. The average Bonchev–Trinajstić information content (AvgIpc) is 2.30. The number of ether oxygens (including phenoxy) is 1. The zero-order valence-electron chi connectivity index (χ0n) is 10.7. The number of rotatable bonds is 7. The molecule has 0 radical (unpaired) electrons. The Bertz CT molecular complexity index is 324. The quantitative estimate of drug-likeness (QED) is 0.681. The summed E-state index contributed by atoms with van der Waals surface area (Å²) in [5.74, 6) is -0.0821. The fourth-order valence-electron chi connectivity index (χ4n) is 1.69. The molecular formula is C14H21NO2. The molecule has 1 heterocycles. The molecule has 1 aromatic heterocycles. The number of hydrogen-bond acceptors (Lipinski definition) is 3. The number of aromatic nitrogens is 1. The molecule has 0 aromatic carbocycles. The molecule has 94 valence electrons. The number of nitrogens with zero attached hydrogens (tertiary/aromatic N) is 1. The number of hydrogen-bond donors (Lipinski definition) is 0. The molecule has 1 rings (SSSR count). The lowest BCUT2D eigenvalue weighted by molar-refractivity contribution is -0.148. The first kappa shape index (κ1) is 13.7. The molecule has 0 saturated carbocycles. The smallest absolute Gasteiger partial charge is 0.306 e. The van der Waals surface area contributed by atoms with Crippen molar-refractivity contribution in [3.63, 3.8) is 0 Å². The van der Waals surface area contributed by atoms with E-state index in [0.717, 1.165) is 25.7 Å². The SMILES string of the molecule is CCCC(=O)OC(C)CCCc1cccnc1. The highest BCUT2D eigenvalue weighted by Crippen LogP contribution is 2.08. The van der Waals surface area contributed by atoms with Gasteiger partial charge in [0.15, 0.2) is 0 Å². The average molecular weight is 235 g/mol. The van der Waals surface area contributed by atoms with Crippen LogP contribution in [0.25, 0.3) is 0 Å². The molecule has 0 aliphatic carbocycles. The number of esters is 1. The van der Waals surface area contributed by atoms with Gasteiger partial charge in [0, 0.05) is 18.8 Å². The van der Waals surface area contributed by atoms with Gasteiger partial charge in [0.1, 0.15) is 0 Å².